The van der Waals surface area contributed by atoms with Crippen LogP contribution in [0.1, 0.15) is 64.0 Å². The van der Waals surface area contributed by atoms with Gasteiger partial charge in [-0.2, -0.15) is 0 Å². The van der Waals surface area contributed by atoms with Crippen LogP contribution in [0.3, 0.4) is 0 Å². The molecule has 20 heavy (non-hydrogen) atoms. The zero-order valence-corrected chi connectivity index (χ0v) is 12.9. The van der Waals surface area contributed by atoms with Gasteiger partial charge in [0.15, 0.2) is 0 Å². The van der Waals surface area contributed by atoms with Crippen LogP contribution in [-0.2, 0) is 6.54 Å². The van der Waals surface area contributed by atoms with Crippen molar-refractivity contribution in [3.05, 3.63) is 11.9 Å². The normalized spacial score (nSPS) is 30.6. The third kappa shape index (κ3) is 3.22. The largest absolute Gasteiger partial charge is 0.314 e. The second-order valence-corrected chi connectivity index (χ2v) is 6.85. The van der Waals surface area contributed by atoms with Crippen molar-refractivity contribution in [1.29, 1.82) is 0 Å². The highest BCUT2D eigenvalue weighted by atomic mass is 15.4. The molecule has 4 nitrogen and oxygen atoms in total. The molecule has 3 atom stereocenters. The van der Waals surface area contributed by atoms with E-state index in [0.717, 1.165) is 30.8 Å². The van der Waals surface area contributed by atoms with E-state index >= 15 is 0 Å². The van der Waals surface area contributed by atoms with E-state index in [-0.39, 0.29) is 0 Å². The molecular weight excluding hydrogens is 248 g/mol. The van der Waals surface area contributed by atoms with E-state index in [2.05, 4.69) is 34.2 Å². The Kier molecular flexibility index (Phi) is 4.39. The van der Waals surface area contributed by atoms with Gasteiger partial charge in [-0.25, -0.2) is 4.68 Å². The Bertz CT molecular complexity index is 424. The van der Waals surface area contributed by atoms with E-state index < -0.39 is 0 Å². The summed E-state index contributed by atoms with van der Waals surface area (Å²) in [5.74, 6) is 2.25. The highest BCUT2D eigenvalue weighted by molar-refractivity contribution is 5.08. The molecule has 0 spiro atoms. The third-order valence-electron chi connectivity index (χ3n) is 4.96. The maximum Gasteiger partial charge on any atom is 0.0728 e. The minimum atomic E-state index is 0.645. The molecule has 0 aromatic carbocycles. The predicted molar refractivity (Wildman–Crippen MR) is 80.6 cm³/mol. The fraction of sp³-hybridized carbons (Fsp3) is 0.875. The molecule has 1 heterocycles. The molecule has 112 valence electrons. The van der Waals surface area contributed by atoms with Gasteiger partial charge in [0, 0.05) is 18.5 Å². The predicted octanol–water partition coefficient (Wildman–Crippen LogP) is 2.96. The second-order valence-electron chi connectivity index (χ2n) is 6.85. The van der Waals surface area contributed by atoms with Crippen LogP contribution in [0.5, 0.6) is 0 Å². The van der Waals surface area contributed by atoms with Crippen molar-refractivity contribution in [3.63, 3.8) is 0 Å². The van der Waals surface area contributed by atoms with Crippen molar-refractivity contribution in [2.24, 2.45) is 11.8 Å². The quantitative estimate of drug-likeness (QED) is 0.868. The fourth-order valence-electron chi connectivity index (χ4n) is 3.59. The molecule has 4 heteroatoms. The van der Waals surface area contributed by atoms with Gasteiger partial charge in [-0.15, -0.1) is 5.10 Å². The molecule has 3 unspecified atom stereocenters. The van der Waals surface area contributed by atoms with Crippen molar-refractivity contribution in [3.8, 4) is 0 Å². The van der Waals surface area contributed by atoms with Gasteiger partial charge in [0.1, 0.15) is 0 Å². The molecule has 0 bridgehead atoms. The number of aryl methyl sites for hydroxylation is 1. The molecule has 0 aliphatic heterocycles. The Hall–Kier alpha value is -0.900. The molecule has 0 radical (unpaired) electrons. The van der Waals surface area contributed by atoms with Crippen LogP contribution in [-0.4, -0.2) is 27.6 Å². The summed E-state index contributed by atoms with van der Waals surface area (Å²) >= 11 is 0. The SMILES string of the molecule is CCCn1nncc1C1CC(C)CCC1CNC1CC1. The van der Waals surface area contributed by atoms with E-state index in [0.29, 0.717) is 5.92 Å². The van der Waals surface area contributed by atoms with E-state index in [1.165, 1.54) is 44.3 Å². The molecule has 2 aliphatic rings. The van der Waals surface area contributed by atoms with Gasteiger partial charge >= 0.3 is 0 Å². The summed E-state index contributed by atoms with van der Waals surface area (Å²) < 4.78 is 2.15. The summed E-state index contributed by atoms with van der Waals surface area (Å²) in [5.41, 5.74) is 1.38. The first-order valence-electron chi connectivity index (χ1n) is 8.39. The Balaban J connectivity index is 1.72. The van der Waals surface area contributed by atoms with Crippen molar-refractivity contribution < 1.29 is 0 Å². The first kappa shape index (κ1) is 14.1. The van der Waals surface area contributed by atoms with Crippen LogP contribution in [0, 0.1) is 11.8 Å². The van der Waals surface area contributed by atoms with Crippen LogP contribution >= 0.6 is 0 Å². The first-order chi connectivity index (χ1) is 9.78. The molecule has 3 rings (SSSR count). The molecule has 0 amide bonds. The van der Waals surface area contributed by atoms with Crippen LogP contribution in [0.25, 0.3) is 0 Å². The monoisotopic (exact) mass is 276 g/mol. The maximum absolute atomic E-state index is 4.29. The number of hydrogen-bond donors (Lipinski definition) is 1. The van der Waals surface area contributed by atoms with Crippen LogP contribution in [0.15, 0.2) is 6.20 Å². The summed E-state index contributed by atoms with van der Waals surface area (Å²) in [6.07, 6.45) is 9.93. The van der Waals surface area contributed by atoms with Gasteiger partial charge in [-0.05, 0) is 50.5 Å². The molecule has 1 aromatic rings. The summed E-state index contributed by atoms with van der Waals surface area (Å²) in [4.78, 5) is 0. The Morgan fingerprint density at radius 2 is 2.15 bits per heavy atom. The summed E-state index contributed by atoms with van der Waals surface area (Å²) in [6, 6.07) is 0.814. The van der Waals surface area contributed by atoms with E-state index in [1.54, 1.807) is 0 Å². The highest BCUT2D eigenvalue weighted by Gasteiger charge is 2.33. The minimum Gasteiger partial charge on any atom is -0.314 e. The Morgan fingerprint density at radius 3 is 2.90 bits per heavy atom. The molecular formula is C16H28N4. The molecule has 2 aliphatic carbocycles. The number of hydrogen-bond acceptors (Lipinski definition) is 3. The van der Waals surface area contributed by atoms with E-state index in [9.17, 15) is 0 Å². The van der Waals surface area contributed by atoms with Crippen molar-refractivity contribution >= 4 is 0 Å². The van der Waals surface area contributed by atoms with Crippen LogP contribution in [0.4, 0.5) is 0 Å². The molecule has 1 aromatic heterocycles. The van der Waals surface area contributed by atoms with Gasteiger partial charge in [-0.3, -0.25) is 0 Å². The van der Waals surface area contributed by atoms with Crippen molar-refractivity contribution in [2.45, 2.75) is 70.9 Å². The highest BCUT2D eigenvalue weighted by Crippen LogP contribution is 2.40. The minimum absolute atomic E-state index is 0.645. The lowest BCUT2D eigenvalue weighted by Gasteiger charge is -2.35. The number of aromatic nitrogens is 3. The lowest BCUT2D eigenvalue weighted by molar-refractivity contribution is 0.232. The van der Waals surface area contributed by atoms with Crippen LogP contribution < -0.4 is 5.32 Å². The Morgan fingerprint density at radius 1 is 1.30 bits per heavy atom. The van der Waals surface area contributed by atoms with Gasteiger partial charge in [0.05, 0.1) is 11.9 Å². The first-order valence-corrected chi connectivity index (χ1v) is 8.39. The second kappa shape index (κ2) is 6.25. The molecule has 2 saturated carbocycles. The summed E-state index contributed by atoms with van der Waals surface area (Å²) in [5, 5.41) is 12.2. The van der Waals surface area contributed by atoms with E-state index in [4.69, 9.17) is 0 Å². The number of rotatable bonds is 6. The topological polar surface area (TPSA) is 42.7 Å². The zero-order valence-electron chi connectivity index (χ0n) is 12.9. The third-order valence-corrected chi connectivity index (χ3v) is 4.96. The van der Waals surface area contributed by atoms with Gasteiger partial charge in [-0.1, -0.05) is 25.5 Å². The molecule has 2 fully saturated rings. The lowest BCUT2D eigenvalue weighted by atomic mass is 9.73. The van der Waals surface area contributed by atoms with E-state index in [1.807, 2.05) is 6.20 Å². The van der Waals surface area contributed by atoms with Gasteiger partial charge in [0.25, 0.3) is 0 Å². The van der Waals surface area contributed by atoms with Gasteiger partial charge in [0.2, 0.25) is 0 Å². The van der Waals surface area contributed by atoms with Crippen molar-refractivity contribution in [2.75, 3.05) is 6.54 Å². The standard InChI is InChI=1S/C16H28N4/c1-3-8-20-16(11-18-19-20)15-9-12(2)4-5-13(15)10-17-14-6-7-14/h11-15,17H,3-10H2,1-2H3. The number of nitrogens with zero attached hydrogens (tertiary/aromatic N) is 3. The fourth-order valence-corrected chi connectivity index (χ4v) is 3.59. The summed E-state index contributed by atoms with van der Waals surface area (Å²) in [6.45, 7) is 6.79. The smallest absolute Gasteiger partial charge is 0.0728 e. The lowest BCUT2D eigenvalue weighted by Crippen LogP contribution is -2.33. The maximum atomic E-state index is 4.29. The van der Waals surface area contributed by atoms with Gasteiger partial charge < -0.3 is 5.32 Å². The Labute approximate surface area is 122 Å². The molecule has 0 saturated heterocycles. The van der Waals surface area contributed by atoms with Crippen LogP contribution in [0.2, 0.25) is 0 Å². The summed E-state index contributed by atoms with van der Waals surface area (Å²) in [7, 11) is 0. The van der Waals surface area contributed by atoms with Crippen molar-refractivity contribution in [1.82, 2.24) is 20.3 Å². The number of nitrogens with one attached hydrogen (secondary N) is 1. The average molecular weight is 276 g/mol. The zero-order chi connectivity index (χ0) is 13.9. The molecule has 1 N–H and O–H groups in total. The average Bonchev–Trinajstić information content (AvgIpc) is 3.16.